The van der Waals surface area contributed by atoms with E-state index < -0.39 is 0 Å². The van der Waals surface area contributed by atoms with Crippen molar-refractivity contribution in [1.29, 1.82) is 0 Å². The Morgan fingerprint density at radius 3 is 2.65 bits per heavy atom. The van der Waals surface area contributed by atoms with Gasteiger partial charge in [0.15, 0.2) is 0 Å². The number of benzene rings is 2. The van der Waals surface area contributed by atoms with Gasteiger partial charge in [-0.05, 0) is 41.2 Å². The van der Waals surface area contributed by atoms with Gasteiger partial charge in [-0.25, -0.2) is 0 Å². The van der Waals surface area contributed by atoms with E-state index in [0.717, 1.165) is 34.9 Å². The van der Waals surface area contributed by atoms with Crippen LogP contribution in [-0.4, -0.2) is 17.4 Å². The lowest BCUT2D eigenvalue weighted by Gasteiger charge is -2.05. The van der Waals surface area contributed by atoms with Gasteiger partial charge >= 0.3 is 0 Å². The van der Waals surface area contributed by atoms with E-state index in [-0.39, 0.29) is 5.91 Å². The van der Waals surface area contributed by atoms with Gasteiger partial charge in [-0.15, -0.1) is 0 Å². The summed E-state index contributed by atoms with van der Waals surface area (Å²) < 4.78 is 0. The fourth-order valence-electron chi connectivity index (χ4n) is 3.59. The molecule has 4 rings (SSSR count). The van der Waals surface area contributed by atoms with Crippen molar-refractivity contribution in [2.45, 2.75) is 19.8 Å². The Hall–Kier alpha value is -3.07. The maximum atomic E-state index is 12.7. The van der Waals surface area contributed by atoms with E-state index in [4.69, 9.17) is 0 Å². The summed E-state index contributed by atoms with van der Waals surface area (Å²) in [6.07, 6.45) is 6.12. The first kappa shape index (κ1) is 16.4. The highest BCUT2D eigenvalue weighted by Crippen LogP contribution is 2.27. The number of hydrogen-bond acceptors (Lipinski definition) is 1. The Bertz CT molecular complexity index is 1010. The SMILES string of the molecule is CCc1c(C(=O)NCC2=CCC(c3ccccc3)=C2)[nH]c2ccccc12. The van der Waals surface area contributed by atoms with Crippen molar-refractivity contribution in [3.05, 3.63) is 89.1 Å². The van der Waals surface area contributed by atoms with E-state index in [2.05, 4.69) is 59.7 Å². The third kappa shape index (κ3) is 3.08. The molecule has 0 fully saturated rings. The highest BCUT2D eigenvalue weighted by Gasteiger charge is 2.17. The number of H-pyrrole nitrogens is 1. The van der Waals surface area contributed by atoms with E-state index in [1.165, 1.54) is 11.1 Å². The van der Waals surface area contributed by atoms with Gasteiger partial charge in [0.05, 0.1) is 0 Å². The number of aromatic nitrogens is 1. The number of carbonyl (C=O) groups excluding carboxylic acids is 1. The molecule has 0 aliphatic heterocycles. The van der Waals surface area contributed by atoms with Crippen LogP contribution in [0.4, 0.5) is 0 Å². The number of aromatic amines is 1. The van der Waals surface area contributed by atoms with Crippen LogP contribution in [-0.2, 0) is 6.42 Å². The first-order valence-corrected chi connectivity index (χ1v) is 9.09. The summed E-state index contributed by atoms with van der Waals surface area (Å²) in [6, 6.07) is 18.5. The van der Waals surface area contributed by atoms with E-state index >= 15 is 0 Å². The molecule has 1 heterocycles. The lowest BCUT2D eigenvalue weighted by Crippen LogP contribution is -2.26. The molecule has 0 radical (unpaired) electrons. The number of carbonyl (C=O) groups is 1. The van der Waals surface area contributed by atoms with Crippen LogP contribution < -0.4 is 5.32 Å². The Balaban J connectivity index is 1.47. The zero-order valence-corrected chi connectivity index (χ0v) is 14.9. The molecule has 0 bridgehead atoms. The number of rotatable bonds is 5. The number of aryl methyl sites for hydroxylation is 1. The maximum Gasteiger partial charge on any atom is 0.268 e. The molecule has 130 valence electrons. The molecule has 1 amide bonds. The van der Waals surface area contributed by atoms with Gasteiger partial charge in [0.2, 0.25) is 0 Å². The topological polar surface area (TPSA) is 44.9 Å². The fourth-order valence-corrected chi connectivity index (χ4v) is 3.59. The summed E-state index contributed by atoms with van der Waals surface area (Å²) in [5, 5.41) is 4.20. The molecule has 3 nitrogen and oxygen atoms in total. The molecule has 1 aromatic heterocycles. The summed E-state index contributed by atoms with van der Waals surface area (Å²) in [5.74, 6) is -0.0412. The normalized spacial score (nSPS) is 13.6. The van der Waals surface area contributed by atoms with Gasteiger partial charge in [0.1, 0.15) is 5.69 Å². The Morgan fingerprint density at radius 2 is 1.85 bits per heavy atom. The first-order valence-electron chi connectivity index (χ1n) is 9.09. The van der Waals surface area contributed by atoms with E-state index in [1.54, 1.807) is 0 Å². The molecule has 3 aromatic rings. The van der Waals surface area contributed by atoms with Crippen molar-refractivity contribution in [2.75, 3.05) is 6.54 Å². The molecule has 0 saturated carbocycles. The third-order valence-corrected chi connectivity index (χ3v) is 4.94. The maximum absolute atomic E-state index is 12.7. The second-order valence-corrected chi connectivity index (χ2v) is 6.58. The molecule has 0 spiro atoms. The molecule has 1 aliphatic rings. The molecule has 2 N–H and O–H groups in total. The third-order valence-electron chi connectivity index (χ3n) is 4.94. The van der Waals surface area contributed by atoms with Gasteiger partial charge in [-0.2, -0.15) is 0 Å². The van der Waals surface area contributed by atoms with Crippen molar-refractivity contribution in [3.63, 3.8) is 0 Å². The van der Waals surface area contributed by atoms with Crippen LogP contribution in [0.15, 0.2) is 72.3 Å². The largest absolute Gasteiger partial charge is 0.350 e. The number of para-hydroxylation sites is 1. The minimum atomic E-state index is -0.0412. The summed E-state index contributed by atoms with van der Waals surface area (Å²) in [6.45, 7) is 2.63. The van der Waals surface area contributed by atoms with Gasteiger partial charge in [-0.1, -0.05) is 67.6 Å². The quantitative estimate of drug-likeness (QED) is 0.682. The zero-order chi connectivity index (χ0) is 17.9. The smallest absolute Gasteiger partial charge is 0.268 e. The highest BCUT2D eigenvalue weighted by atomic mass is 16.1. The minimum absolute atomic E-state index is 0.0412. The van der Waals surface area contributed by atoms with Crippen LogP contribution in [0, 0.1) is 0 Å². The zero-order valence-electron chi connectivity index (χ0n) is 14.9. The first-order chi connectivity index (χ1) is 12.8. The van der Waals surface area contributed by atoms with Gasteiger partial charge < -0.3 is 10.3 Å². The van der Waals surface area contributed by atoms with Gasteiger partial charge in [0, 0.05) is 17.4 Å². The van der Waals surface area contributed by atoms with Crippen LogP contribution in [0.25, 0.3) is 16.5 Å². The van der Waals surface area contributed by atoms with Gasteiger partial charge in [0.25, 0.3) is 5.91 Å². The highest BCUT2D eigenvalue weighted by molar-refractivity contribution is 6.01. The molecule has 3 heteroatoms. The molecule has 0 unspecified atom stereocenters. The number of allylic oxidation sites excluding steroid dienone is 2. The van der Waals surface area contributed by atoms with Crippen molar-refractivity contribution in [1.82, 2.24) is 10.3 Å². The van der Waals surface area contributed by atoms with Crippen LogP contribution >= 0.6 is 0 Å². The molecule has 0 atom stereocenters. The number of nitrogens with one attached hydrogen (secondary N) is 2. The van der Waals surface area contributed by atoms with Crippen LogP contribution in [0.1, 0.15) is 35.0 Å². The Morgan fingerprint density at radius 1 is 1.08 bits per heavy atom. The second kappa shape index (κ2) is 7.04. The lowest BCUT2D eigenvalue weighted by molar-refractivity contribution is 0.0952. The molecule has 2 aromatic carbocycles. The number of hydrogen-bond donors (Lipinski definition) is 2. The van der Waals surface area contributed by atoms with Gasteiger partial charge in [-0.3, -0.25) is 4.79 Å². The van der Waals surface area contributed by atoms with Crippen LogP contribution in [0.2, 0.25) is 0 Å². The van der Waals surface area contributed by atoms with Crippen molar-refractivity contribution < 1.29 is 4.79 Å². The summed E-state index contributed by atoms with van der Waals surface area (Å²) in [7, 11) is 0. The standard InChI is InChI=1S/C23H22N2O/c1-2-19-20-10-6-7-11-21(20)25-22(19)23(26)24-15-16-12-13-18(14-16)17-8-4-3-5-9-17/h3-12,14,25H,2,13,15H2,1H3,(H,24,26). The average molecular weight is 342 g/mol. The van der Waals surface area contributed by atoms with Crippen LogP contribution in [0.3, 0.4) is 0 Å². The van der Waals surface area contributed by atoms with Crippen molar-refractivity contribution >= 4 is 22.4 Å². The van der Waals surface area contributed by atoms with Crippen LogP contribution in [0.5, 0.6) is 0 Å². The number of amides is 1. The van der Waals surface area contributed by atoms with Crippen molar-refractivity contribution in [3.8, 4) is 0 Å². The Kier molecular flexibility index (Phi) is 4.44. The van der Waals surface area contributed by atoms with E-state index in [1.807, 2.05) is 24.3 Å². The lowest BCUT2D eigenvalue weighted by atomic mass is 10.1. The number of fused-ring (bicyclic) bond motifs is 1. The molecular formula is C23H22N2O. The van der Waals surface area contributed by atoms with E-state index in [0.29, 0.717) is 12.2 Å². The van der Waals surface area contributed by atoms with E-state index in [9.17, 15) is 4.79 Å². The summed E-state index contributed by atoms with van der Waals surface area (Å²) in [4.78, 5) is 16.0. The fraction of sp³-hybridized carbons (Fsp3) is 0.174. The summed E-state index contributed by atoms with van der Waals surface area (Å²) >= 11 is 0. The molecule has 26 heavy (non-hydrogen) atoms. The minimum Gasteiger partial charge on any atom is -0.350 e. The monoisotopic (exact) mass is 342 g/mol. The summed E-state index contributed by atoms with van der Waals surface area (Å²) in [5.41, 5.74) is 6.48. The predicted octanol–water partition coefficient (Wildman–Crippen LogP) is 4.87. The molecule has 1 aliphatic carbocycles. The Labute approximate surface area is 153 Å². The predicted molar refractivity (Wildman–Crippen MR) is 107 cm³/mol. The van der Waals surface area contributed by atoms with Crippen molar-refractivity contribution in [2.24, 2.45) is 0 Å². The second-order valence-electron chi connectivity index (χ2n) is 6.58. The molecular weight excluding hydrogens is 320 g/mol. The average Bonchev–Trinajstić information content (AvgIpc) is 3.31. The molecule has 0 saturated heterocycles.